The first kappa shape index (κ1) is 16.7. The summed E-state index contributed by atoms with van der Waals surface area (Å²) in [5.41, 5.74) is -0.750. The number of nitrogens with zero attached hydrogens (tertiary/aromatic N) is 2. The van der Waals surface area contributed by atoms with Gasteiger partial charge in [-0.2, -0.15) is 0 Å². The monoisotopic (exact) mass is 337 g/mol. The first-order valence-corrected chi connectivity index (χ1v) is 8.58. The highest BCUT2D eigenvalue weighted by atomic mass is 16.4. The average molecular weight is 337 g/mol. The van der Waals surface area contributed by atoms with E-state index in [4.69, 9.17) is 5.11 Å². The van der Waals surface area contributed by atoms with Crippen LogP contribution < -0.4 is 5.32 Å². The molecule has 1 atom stereocenters. The van der Waals surface area contributed by atoms with E-state index in [0.29, 0.717) is 32.2 Å². The maximum absolute atomic E-state index is 12.5. The van der Waals surface area contributed by atoms with Crippen molar-refractivity contribution >= 4 is 23.8 Å². The van der Waals surface area contributed by atoms with Crippen molar-refractivity contribution in [3.63, 3.8) is 0 Å². The van der Waals surface area contributed by atoms with Crippen LogP contribution >= 0.6 is 0 Å². The number of hydrogen-bond acceptors (Lipinski definition) is 4. The molecule has 2 heterocycles. The fourth-order valence-electron chi connectivity index (χ4n) is 3.97. The molecule has 132 valence electrons. The van der Waals surface area contributed by atoms with Crippen LogP contribution in [0, 0.1) is 5.92 Å². The van der Waals surface area contributed by atoms with Crippen LogP contribution in [0.2, 0.25) is 0 Å². The molecule has 8 heteroatoms. The molecule has 8 nitrogen and oxygen atoms in total. The lowest BCUT2D eigenvalue weighted by atomic mass is 9.97. The summed E-state index contributed by atoms with van der Waals surface area (Å²) < 4.78 is 0. The first-order valence-electron chi connectivity index (χ1n) is 8.58. The standard InChI is InChI=1S/C16H23N3O5/c20-12(18-8-3-4-11(10-18)13(21)22)5-9-19-14(23)16(17-15(19)24)6-1-2-7-16/h11H,1-10H2,(H,17,24)(H,21,22). The number of aliphatic carboxylic acids is 1. The molecule has 0 aromatic heterocycles. The van der Waals surface area contributed by atoms with Crippen molar-refractivity contribution < 1.29 is 24.3 Å². The Kier molecular flexibility index (Phi) is 4.47. The molecule has 0 radical (unpaired) electrons. The highest BCUT2D eigenvalue weighted by Crippen LogP contribution is 2.35. The Morgan fingerprint density at radius 2 is 1.92 bits per heavy atom. The van der Waals surface area contributed by atoms with Gasteiger partial charge < -0.3 is 15.3 Å². The molecule has 1 saturated carbocycles. The van der Waals surface area contributed by atoms with Crippen LogP contribution in [0.4, 0.5) is 4.79 Å². The number of imide groups is 1. The summed E-state index contributed by atoms with van der Waals surface area (Å²) in [5, 5.41) is 11.9. The fourth-order valence-corrected chi connectivity index (χ4v) is 3.97. The third kappa shape index (κ3) is 2.97. The van der Waals surface area contributed by atoms with Crippen molar-refractivity contribution in [1.29, 1.82) is 0 Å². The average Bonchev–Trinajstić information content (AvgIpc) is 3.12. The third-order valence-electron chi connectivity index (χ3n) is 5.38. The van der Waals surface area contributed by atoms with Gasteiger partial charge in [-0.15, -0.1) is 0 Å². The fraction of sp³-hybridized carbons (Fsp3) is 0.750. The van der Waals surface area contributed by atoms with Crippen molar-refractivity contribution in [3.05, 3.63) is 0 Å². The van der Waals surface area contributed by atoms with Gasteiger partial charge in [-0.25, -0.2) is 4.79 Å². The third-order valence-corrected chi connectivity index (χ3v) is 5.38. The van der Waals surface area contributed by atoms with Gasteiger partial charge in [-0.05, 0) is 25.7 Å². The van der Waals surface area contributed by atoms with E-state index >= 15 is 0 Å². The van der Waals surface area contributed by atoms with Crippen molar-refractivity contribution in [3.8, 4) is 0 Å². The zero-order valence-corrected chi connectivity index (χ0v) is 13.6. The summed E-state index contributed by atoms with van der Waals surface area (Å²) in [7, 11) is 0. The van der Waals surface area contributed by atoms with Gasteiger partial charge in [-0.3, -0.25) is 19.3 Å². The zero-order chi connectivity index (χ0) is 17.3. The Morgan fingerprint density at radius 3 is 2.58 bits per heavy atom. The molecular weight excluding hydrogens is 314 g/mol. The highest BCUT2D eigenvalue weighted by Gasteiger charge is 2.52. The smallest absolute Gasteiger partial charge is 0.325 e. The normalized spacial score (nSPS) is 26.1. The van der Waals surface area contributed by atoms with Crippen molar-refractivity contribution in [1.82, 2.24) is 15.1 Å². The molecule has 2 saturated heterocycles. The summed E-state index contributed by atoms with van der Waals surface area (Å²) in [6, 6.07) is -0.420. The molecule has 3 rings (SSSR count). The van der Waals surface area contributed by atoms with Gasteiger partial charge in [0.1, 0.15) is 5.54 Å². The van der Waals surface area contributed by atoms with Crippen molar-refractivity contribution in [2.45, 2.75) is 50.5 Å². The van der Waals surface area contributed by atoms with E-state index in [2.05, 4.69) is 5.32 Å². The van der Waals surface area contributed by atoms with Gasteiger partial charge in [0, 0.05) is 26.1 Å². The van der Waals surface area contributed by atoms with E-state index in [1.165, 1.54) is 4.90 Å². The topological polar surface area (TPSA) is 107 Å². The Labute approximate surface area is 140 Å². The summed E-state index contributed by atoms with van der Waals surface area (Å²) in [6.45, 7) is 0.796. The molecule has 0 bridgehead atoms. The lowest BCUT2D eigenvalue weighted by molar-refractivity contribution is -0.145. The predicted molar refractivity (Wildman–Crippen MR) is 83.0 cm³/mol. The maximum Gasteiger partial charge on any atom is 0.325 e. The molecule has 0 aromatic rings. The largest absolute Gasteiger partial charge is 0.481 e. The molecule has 0 aromatic carbocycles. The quantitative estimate of drug-likeness (QED) is 0.729. The molecule has 1 aliphatic carbocycles. The minimum Gasteiger partial charge on any atom is -0.481 e. The molecule has 1 unspecified atom stereocenters. The van der Waals surface area contributed by atoms with Crippen LogP contribution in [0.5, 0.6) is 0 Å². The van der Waals surface area contributed by atoms with Gasteiger partial charge in [0.15, 0.2) is 0 Å². The number of rotatable bonds is 4. The Hall–Kier alpha value is -2.12. The van der Waals surface area contributed by atoms with Gasteiger partial charge in [0.25, 0.3) is 5.91 Å². The number of carboxylic acids is 1. The predicted octanol–water partition coefficient (Wildman–Crippen LogP) is 0.564. The SMILES string of the molecule is O=C(O)C1CCCN(C(=O)CCN2C(=O)NC3(CCCC3)C2=O)C1. The van der Waals surface area contributed by atoms with Crippen LogP contribution in [0.3, 0.4) is 0 Å². The van der Waals surface area contributed by atoms with E-state index in [0.717, 1.165) is 17.7 Å². The number of amides is 4. The number of carboxylic acid groups (broad SMARTS) is 1. The van der Waals surface area contributed by atoms with E-state index in [-0.39, 0.29) is 31.3 Å². The molecule has 1 spiro atoms. The second-order valence-electron chi connectivity index (χ2n) is 6.94. The molecule has 2 N–H and O–H groups in total. The van der Waals surface area contributed by atoms with Crippen LogP contribution in [-0.4, -0.2) is 63.9 Å². The van der Waals surface area contributed by atoms with E-state index < -0.39 is 23.5 Å². The van der Waals surface area contributed by atoms with Crippen LogP contribution in [0.15, 0.2) is 0 Å². The number of likely N-dealkylation sites (tertiary alicyclic amines) is 1. The number of hydrogen-bond donors (Lipinski definition) is 2. The summed E-state index contributed by atoms with van der Waals surface area (Å²) in [6.07, 6.45) is 4.44. The van der Waals surface area contributed by atoms with E-state index in [1.54, 1.807) is 0 Å². The molecule has 3 aliphatic rings. The van der Waals surface area contributed by atoms with E-state index in [9.17, 15) is 19.2 Å². The lowest BCUT2D eigenvalue weighted by Gasteiger charge is -2.31. The number of carbonyl (C=O) groups is 4. The van der Waals surface area contributed by atoms with Crippen LogP contribution in [-0.2, 0) is 14.4 Å². The van der Waals surface area contributed by atoms with Crippen molar-refractivity contribution in [2.75, 3.05) is 19.6 Å². The lowest BCUT2D eigenvalue weighted by Crippen LogP contribution is -2.45. The second-order valence-corrected chi connectivity index (χ2v) is 6.94. The Bertz CT molecular complexity index is 570. The second kappa shape index (κ2) is 6.41. The minimum atomic E-state index is -0.884. The van der Waals surface area contributed by atoms with Crippen LogP contribution in [0.25, 0.3) is 0 Å². The number of urea groups is 1. The Balaban J connectivity index is 1.55. The summed E-state index contributed by atoms with van der Waals surface area (Å²) >= 11 is 0. The molecule has 4 amide bonds. The number of nitrogens with one attached hydrogen (secondary N) is 1. The minimum absolute atomic E-state index is 0.0432. The number of piperidine rings is 1. The van der Waals surface area contributed by atoms with Crippen LogP contribution in [0.1, 0.15) is 44.9 Å². The number of carbonyl (C=O) groups excluding carboxylic acids is 3. The summed E-state index contributed by atoms with van der Waals surface area (Å²) in [5.74, 6) is -1.83. The highest BCUT2D eigenvalue weighted by molar-refractivity contribution is 6.07. The molecule has 24 heavy (non-hydrogen) atoms. The van der Waals surface area contributed by atoms with Crippen molar-refractivity contribution in [2.24, 2.45) is 5.92 Å². The van der Waals surface area contributed by atoms with E-state index in [1.807, 2.05) is 0 Å². The molecule has 3 fully saturated rings. The molecular formula is C16H23N3O5. The molecule has 2 aliphatic heterocycles. The first-order chi connectivity index (χ1) is 11.4. The Morgan fingerprint density at radius 1 is 1.21 bits per heavy atom. The van der Waals surface area contributed by atoms with Gasteiger partial charge in [0.05, 0.1) is 5.92 Å². The summed E-state index contributed by atoms with van der Waals surface area (Å²) in [4.78, 5) is 50.6. The zero-order valence-electron chi connectivity index (χ0n) is 13.6. The van der Waals surface area contributed by atoms with Gasteiger partial charge in [0.2, 0.25) is 5.91 Å². The van der Waals surface area contributed by atoms with Gasteiger partial charge in [-0.1, -0.05) is 12.8 Å². The van der Waals surface area contributed by atoms with Gasteiger partial charge >= 0.3 is 12.0 Å². The maximum atomic E-state index is 12.5.